The van der Waals surface area contributed by atoms with Gasteiger partial charge in [0.2, 0.25) is 0 Å². The summed E-state index contributed by atoms with van der Waals surface area (Å²) in [4.78, 5) is 18.2. The van der Waals surface area contributed by atoms with Crippen molar-refractivity contribution in [1.82, 2.24) is 0 Å². The number of benzene rings is 2. The van der Waals surface area contributed by atoms with Crippen LogP contribution >= 0.6 is 11.8 Å². The van der Waals surface area contributed by atoms with E-state index in [4.69, 9.17) is 9.47 Å². The Labute approximate surface area is 198 Å². The topological polar surface area (TPSA) is 85.3 Å². The zero-order chi connectivity index (χ0) is 24.7. The third-order valence-corrected chi connectivity index (χ3v) is 8.77. The molecule has 34 heavy (non-hydrogen) atoms. The highest BCUT2D eigenvalue weighted by atomic mass is 32.2. The van der Waals surface area contributed by atoms with E-state index in [1.165, 1.54) is 37.3 Å². The van der Waals surface area contributed by atoms with Crippen LogP contribution in [-0.2, 0) is 27.2 Å². The second-order valence-electron chi connectivity index (χ2n) is 7.84. The van der Waals surface area contributed by atoms with E-state index in [0.717, 1.165) is 17.8 Å². The van der Waals surface area contributed by atoms with Crippen LogP contribution in [0.15, 0.2) is 47.5 Å². The van der Waals surface area contributed by atoms with Crippen molar-refractivity contribution in [2.75, 3.05) is 30.6 Å². The highest BCUT2D eigenvalue weighted by molar-refractivity contribution is 8.16. The molecule has 2 atom stereocenters. The number of hydrogen-bond donors (Lipinski definition) is 0. The molecule has 0 aliphatic carbocycles. The number of anilines is 1. The van der Waals surface area contributed by atoms with Gasteiger partial charge in [0, 0.05) is 5.25 Å². The molecule has 182 valence electrons. The fourth-order valence-electron chi connectivity index (χ4n) is 4.08. The lowest BCUT2D eigenvalue weighted by atomic mass is 10.1. The molecule has 0 radical (unpaired) electrons. The first-order valence-electron chi connectivity index (χ1n) is 10.2. The second kappa shape index (κ2) is 9.14. The van der Waals surface area contributed by atoms with E-state index in [-0.39, 0.29) is 28.8 Å². The molecule has 2 aliphatic heterocycles. The molecule has 0 N–H and O–H groups in total. The van der Waals surface area contributed by atoms with Gasteiger partial charge in [-0.2, -0.15) is 18.2 Å². The molecule has 2 aliphatic rings. The largest absolute Gasteiger partial charge is 0.493 e. The summed E-state index contributed by atoms with van der Waals surface area (Å²) < 4.78 is 76.0. The Balaban J connectivity index is 1.69. The highest BCUT2D eigenvalue weighted by Crippen LogP contribution is 2.45. The van der Waals surface area contributed by atoms with Gasteiger partial charge in [0.1, 0.15) is 0 Å². The van der Waals surface area contributed by atoms with E-state index in [9.17, 15) is 26.4 Å². The van der Waals surface area contributed by atoms with Gasteiger partial charge < -0.3 is 14.4 Å². The maximum absolute atomic E-state index is 13.7. The molecule has 2 heterocycles. The number of ether oxygens (including phenoxy) is 2. The van der Waals surface area contributed by atoms with Crippen molar-refractivity contribution in [2.24, 2.45) is 4.99 Å². The van der Waals surface area contributed by atoms with Crippen molar-refractivity contribution in [3.05, 3.63) is 53.6 Å². The Bertz CT molecular complexity index is 1250. The van der Waals surface area contributed by atoms with E-state index < -0.39 is 38.8 Å². The first-order chi connectivity index (χ1) is 16.0. The lowest BCUT2D eigenvalue weighted by Gasteiger charge is -2.27. The van der Waals surface area contributed by atoms with Crippen molar-refractivity contribution in [3.63, 3.8) is 0 Å². The number of para-hydroxylation sites is 1. The second-order valence-corrected chi connectivity index (χ2v) is 11.2. The zero-order valence-corrected chi connectivity index (χ0v) is 19.8. The van der Waals surface area contributed by atoms with Crippen LogP contribution in [0.5, 0.6) is 11.5 Å². The lowest BCUT2D eigenvalue weighted by Crippen LogP contribution is -2.39. The van der Waals surface area contributed by atoms with Crippen molar-refractivity contribution in [3.8, 4) is 11.5 Å². The van der Waals surface area contributed by atoms with Gasteiger partial charge >= 0.3 is 6.18 Å². The molecule has 2 fully saturated rings. The van der Waals surface area contributed by atoms with Crippen LogP contribution in [0.4, 0.5) is 18.9 Å². The maximum atomic E-state index is 13.7. The van der Waals surface area contributed by atoms with E-state index in [0.29, 0.717) is 17.1 Å². The molecule has 0 spiro atoms. The minimum atomic E-state index is -4.66. The van der Waals surface area contributed by atoms with Crippen LogP contribution in [0.2, 0.25) is 0 Å². The number of carbonyl (C=O) groups is 1. The van der Waals surface area contributed by atoms with Crippen molar-refractivity contribution in [2.45, 2.75) is 23.9 Å². The summed E-state index contributed by atoms with van der Waals surface area (Å²) in [5.41, 5.74) is -0.551. The van der Waals surface area contributed by atoms with Gasteiger partial charge in [0.15, 0.2) is 26.5 Å². The lowest BCUT2D eigenvalue weighted by molar-refractivity contribution is -0.137. The Kier molecular flexibility index (Phi) is 6.56. The molecule has 2 aromatic rings. The van der Waals surface area contributed by atoms with E-state index in [2.05, 4.69) is 4.99 Å². The average Bonchev–Trinajstić information content (AvgIpc) is 3.23. The van der Waals surface area contributed by atoms with E-state index in [1.807, 2.05) is 0 Å². The molecular weight excluding hydrogens is 493 g/mol. The Hall–Kier alpha value is -2.73. The summed E-state index contributed by atoms with van der Waals surface area (Å²) in [6.07, 6.45) is -4.78. The third kappa shape index (κ3) is 4.88. The number of halogens is 3. The predicted molar refractivity (Wildman–Crippen MR) is 123 cm³/mol. The Morgan fingerprint density at radius 2 is 1.82 bits per heavy atom. The summed E-state index contributed by atoms with van der Waals surface area (Å²) in [5, 5.41) is -0.453. The number of aliphatic imine (C=N–C) groups is 1. The molecule has 12 heteroatoms. The van der Waals surface area contributed by atoms with Gasteiger partial charge in [-0.3, -0.25) is 4.79 Å². The van der Waals surface area contributed by atoms with E-state index in [1.54, 1.807) is 18.2 Å². The summed E-state index contributed by atoms with van der Waals surface area (Å²) in [6.45, 7) is 0. The zero-order valence-electron chi connectivity index (χ0n) is 18.2. The first-order valence-corrected chi connectivity index (χ1v) is 12.9. The van der Waals surface area contributed by atoms with Gasteiger partial charge in [0.25, 0.3) is 5.91 Å². The third-order valence-electron chi connectivity index (χ3n) is 5.56. The number of hydrogen-bond acceptors (Lipinski definition) is 6. The predicted octanol–water partition coefficient (Wildman–Crippen LogP) is 3.57. The Morgan fingerprint density at radius 1 is 1.12 bits per heavy atom. The van der Waals surface area contributed by atoms with Crippen LogP contribution in [-0.4, -0.2) is 56.5 Å². The summed E-state index contributed by atoms with van der Waals surface area (Å²) >= 11 is 1.02. The molecular formula is C22H21F3N2O5S2. The normalized spacial score (nSPS) is 22.6. The van der Waals surface area contributed by atoms with Gasteiger partial charge in [-0.05, 0) is 29.8 Å². The molecule has 0 bridgehead atoms. The number of nitrogens with zero attached hydrogens (tertiary/aromatic N) is 2. The Morgan fingerprint density at radius 3 is 2.50 bits per heavy atom. The number of amidine groups is 1. The number of alkyl halides is 3. The van der Waals surface area contributed by atoms with Crippen molar-refractivity contribution >= 4 is 38.4 Å². The number of fused-ring (bicyclic) bond motifs is 1. The number of thioether (sulfide) groups is 1. The molecule has 4 rings (SSSR count). The molecule has 0 unspecified atom stereocenters. The molecule has 7 nitrogen and oxygen atoms in total. The number of sulfone groups is 1. The van der Waals surface area contributed by atoms with Crippen LogP contribution < -0.4 is 14.4 Å². The van der Waals surface area contributed by atoms with Crippen LogP contribution in [0.3, 0.4) is 0 Å². The van der Waals surface area contributed by atoms with Gasteiger partial charge in [-0.1, -0.05) is 30.0 Å². The SMILES string of the molecule is COc1ccc(CC(=O)N=C2S[C@H]3CS(=O)(=O)C[C@@H]3N2c2ccccc2C(F)(F)F)cc1OC. The van der Waals surface area contributed by atoms with Gasteiger partial charge in [-0.25, -0.2) is 8.42 Å². The van der Waals surface area contributed by atoms with Crippen LogP contribution in [0, 0.1) is 0 Å². The number of methoxy groups -OCH3 is 2. The summed E-state index contributed by atoms with van der Waals surface area (Å²) in [6, 6.07) is 9.08. The van der Waals surface area contributed by atoms with Crippen LogP contribution in [0.25, 0.3) is 0 Å². The van der Waals surface area contributed by atoms with Gasteiger partial charge in [0.05, 0.1) is 49.4 Å². The fourth-order valence-corrected chi connectivity index (χ4v) is 8.01. The molecule has 0 saturated carbocycles. The number of rotatable bonds is 5. The monoisotopic (exact) mass is 514 g/mol. The number of carbonyl (C=O) groups excluding carboxylic acids is 1. The summed E-state index contributed by atoms with van der Waals surface area (Å²) in [5.74, 6) is -0.154. The van der Waals surface area contributed by atoms with Crippen molar-refractivity contribution in [1.29, 1.82) is 0 Å². The molecule has 2 aromatic carbocycles. The maximum Gasteiger partial charge on any atom is 0.418 e. The smallest absolute Gasteiger partial charge is 0.418 e. The van der Waals surface area contributed by atoms with Crippen molar-refractivity contribution < 1.29 is 35.9 Å². The minimum absolute atomic E-state index is 0.0621. The molecule has 2 saturated heterocycles. The standard InChI is InChI=1S/C22H21F3N2O5S2/c1-31-17-8-7-13(9-18(17)32-2)10-20(28)26-21-27(16-11-34(29,30)12-19(16)33-21)15-6-4-3-5-14(15)22(23,24)25/h3-9,16,19H,10-12H2,1-2H3/t16-,19-/m0/s1. The minimum Gasteiger partial charge on any atom is -0.493 e. The van der Waals surface area contributed by atoms with E-state index >= 15 is 0 Å². The quantitative estimate of drug-likeness (QED) is 0.603. The highest BCUT2D eigenvalue weighted by Gasteiger charge is 2.51. The van der Waals surface area contributed by atoms with Gasteiger partial charge in [-0.15, -0.1) is 0 Å². The number of amides is 1. The average molecular weight is 515 g/mol. The van der Waals surface area contributed by atoms with Crippen LogP contribution in [0.1, 0.15) is 11.1 Å². The molecule has 0 aromatic heterocycles. The summed E-state index contributed by atoms with van der Waals surface area (Å²) in [7, 11) is -0.476. The first kappa shape index (κ1) is 24.4. The molecule has 1 amide bonds. The fraction of sp³-hybridized carbons (Fsp3) is 0.364.